The van der Waals surface area contributed by atoms with Crippen molar-refractivity contribution in [1.82, 2.24) is 0 Å². The Bertz CT molecular complexity index is 284. The van der Waals surface area contributed by atoms with Crippen molar-refractivity contribution in [1.29, 1.82) is 5.26 Å². The number of nitrogens with two attached hydrogens (primary N) is 1. The van der Waals surface area contributed by atoms with E-state index in [1.165, 1.54) is 0 Å². The lowest BCUT2D eigenvalue weighted by atomic mass is 10.0. The summed E-state index contributed by atoms with van der Waals surface area (Å²) in [6.45, 7) is 1.87. The van der Waals surface area contributed by atoms with E-state index >= 15 is 0 Å². The molecule has 0 aliphatic heterocycles. The van der Waals surface area contributed by atoms with Crippen LogP contribution in [-0.2, 0) is 0 Å². The summed E-state index contributed by atoms with van der Waals surface area (Å²) in [4.78, 5) is 0. The summed E-state index contributed by atoms with van der Waals surface area (Å²) in [5.74, 6) is 0. The van der Waals surface area contributed by atoms with E-state index < -0.39 is 0 Å². The largest absolute Gasteiger partial charge is 0.324 e. The minimum Gasteiger partial charge on any atom is -0.324 e. The first-order valence-electron chi connectivity index (χ1n) is 3.50. The maximum Gasteiger partial charge on any atom is 0.0995 e. The Balaban J connectivity index is 3.15. The predicted octanol–water partition coefficient (Wildman–Crippen LogP) is 1.58. The molecule has 0 spiro atoms. The molecule has 0 saturated carbocycles. The summed E-state index contributed by atoms with van der Waals surface area (Å²) in [6, 6.07) is 9.41. The molecule has 0 aromatic heterocycles. The summed E-state index contributed by atoms with van der Waals surface area (Å²) in [6.07, 6.45) is 0. The maximum absolute atomic E-state index is 8.66. The SMILES string of the molecule is C[C@@H](N)c1ccccc1C#N. The highest BCUT2D eigenvalue weighted by Crippen LogP contribution is 2.13. The van der Waals surface area contributed by atoms with Crippen LogP contribution in [0.15, 0.2) is 24.3 Å². The fourth-order valence-electron chi connectivity index (χ4n) is 0.996. The molecule has 0 bridgehead atoms. The fourth-order valence-corrected chi connectivity index (χ4v) is 0.996. The van der Waals surface area contributed by atoms with Crippen LogP contribution in [0.1, 0.15) is 24.1 Å². The second kappa shape index (κ2) is 3.18. The van der Waals surface area contributed by atoms with E-state index in [4.69, 9.17) is 11.0 Å². The normalized spacial score (nSPS) is 12.1. The van der Waals surface area contributed by atoms with Crippen molar-refractivity contribution in [3.8, 4) is 6.07 Å². The Morgan fingerprint density at radius 2 is 2.09 bits per heavy atom. The number of nitriles is 1. The van der Waals surface area contributed by atoms with E-state index in [1.807, 2.05) is 25.1 Å². The minimum absolute atomic E-state index is 0.0640. The Labute approximate surface area is 66.3 Å². The molecule has 2 N–H and O–H groups in total. The van der Waals surface area contributed by atoms with Gasteiger partial charge in [0.25, 0.3) is 0 Å². The highest BCUT2D eigenvalue weighted by Gasteiger charge is 2.03. The number of rotatable bonds is 1. The molecule has 0 amide bonds. The highest BCUT2D eigenvalue weighted by atomic mass is 14.6. The smallest absolute Gasteiger partial charge is 0.0995 e. The third-order valence-electron chi connectivity index (χ3n) is 1.57. The van der Waals surface area contributed by atoms with Gasteiger partial charge in [-0.25, -0.2) is 0 Å². The molecule has 0 fully saturated rings. The standard InChI is InChI=1S/C9H10N2/c1-7(11)9-5-3-2-4-8(9)6-10/h2-5,7H,11H2,1H3/t7-/m1/s1. The summed E-state index contributed by atoms with van der Waals surface area (Å²) in [7, 11) is 0. The first kappa shape index (κ1) is 7.77. The molecule has 11 heavy (non-hydrogen) atoms. The van der Waals surface area contributed by atoms with Crippen LogP contribution in [0.4, 0.5) is 0 Å². The number of hydrogen-bond donors (Lipinski definition) is 1. The van der Waals surface area contributed by atoms with Gasteiger partial charge in [-0.2, -0.15) is 5.26 Å². The van der Waals surface area contributed by atoms with Gasteiger partial charge in [0, 0.05) is 6.04 Å². The van der Waals surface area contributed by atoms with Gasteiger partial charge in [-0.05, 0) is 18.6 Å². The molecule has 0 aliphatic carbocycles. The topological polar surface area (TPSA) is 49.8 Å². The van der Waals surface area contributed by atoms with Crippen LogP contribution < -0.4 is 5.73 Å². The molecule has 2 nitrogen and oxygen atoms in total. The van der Waals surface area contributed by atoms with Crippen molar-refractivity contribution in [3.63, 3.8) is 0 Å². The van der Waals surface area contributed by atoms with Gasteiger partial charge in [0.2, 0.25) is 0 Å². The van der Waals surface area contributed by atoms with Crippen LogP contribution in [0.25, 0.3) is 0 Å². The van der Waals surface area contributed by atoms with Gasteiger partial charge in [-0.3, -0.25) is 0 Å². The summed E-state index contributed by atoms with van der Waals surface area (Å²) in [5, 5.41) is 8.66. The van der Waals surface area contributed by atoms with Gasteiger partial charge < -0.3 is 5.73 Å². The van der Waals surface area contributed by atoms with Crippen molar-refractivity contribution >= 4 is 0 Å². The maximum atomic E-state index is 8.66. The van der Waals surface area contributed by atoms with Crippen LogP contribution in [0, 0.1) is 11.3 Å². The number of nitrogens with zero attached hydrogens (tertiary/aromatic N) is 1. The zero-order valence-corrected chi connectivity index (χ0v) is 6.41. The fraction of sp³-hybridized carbons (Fsp3) is 0.222. The Hall–Kier alpha value is -1.33. The second-order valence-electron chi connectivity index (χ2n) is 2.49. The van der Waals surface area contributed by atoms with Crippen LogP contribution in [0.3, 0.4) is 0 Å². The van der Waals surface area contributed by atoms with Crippen LogP contribution >= 0.6 is 0 Å². The second-order valence-corrected chi connectivity index (χ2v) is 2.49. The number of hydrogen-bond acceptors (Lipinski definition) is 2. The van der Waals surface area contributed by atoms with Crippen LogP contribution in [-0.4, -0.2) is 0 Å². The van der Waals surface area contributed by atoms with Crippen molar-refractivity contribution in [2.75, 3.05) is 0 Å². The van der Waals surface area contributed by atoms with Crippen LogP contribution in [0.5, 0.6) is 0 Å². The van der Waals surface area contributed by atoms with Gasteiger partial charge in [0.1, 0.15) is 0 Å². The summed E-state index contributed by atoms with van der Waals surface area (Å²) in [5.41, 5.74) is 7.22. The lowest BCUT2D eigenvalue weighted by Gasteiger charge is -2.05. The van der Waals surface area contributed by atoms with Crippen molar-refractivity contribution in [3.05, 3.63) is 35.4 Å². The first-order valence-corrected chi connectivity index (χ1v) is 3.50. The molecule has 0 aliphatic rings. The van der Waals surface area contributed by atoms with Gasteiger partial charge >= 0.3 is 0 Å². The summed E-state index contributed by atoms with van der Waals surface area (Å²) >= 11 is 0. The molecular formula is C9H10N2. The van der Waals surface area contributed by atoms with E-state index in [1.54, 1.807) is 6.07 Å². The Morgan fingerprint density at radius 3 is 2.55 bits per heavy atom. The average molecular weight is 146 g/mol. The molecule has 0 saturated heterocycles. The van der Waals surface area contributed by atoms with E-state index in [9.17, 15) is 0 Å². The molecule has 56 valence electrons. The van der Waals surface area contributed by atoms with E-state index in [-0.39, 0.29) is 6.04 Å². The zero-order valence-electron chi connectivity index (χ0n) is 6.41. The average Bonchev–Trinajstić information content (AvgIpc) is 2.04. The first-order chi connectivity index (χ1) is 5.25. The molecule has 0 unspecified atom stereocenters. The highest BCUT2D eigenvalue weighted by molar-refractivity contribution is 5.38. The molecule has 0 heterocycles. The number of benzene rings is 1. The minimum atomic E-state index is -0.0640. The molecular weight excluding hydrogens is 136 g/mol. The molecule has 0 radical (unpaired) electrons. The van der Waals surface area contributed by atoms with E-state index in [0.29, 0.717) is 5.56 Å². The van der Waals surface area contributed by atoms with E-state index in [2.05, 4.69) is 6.07 Å². The van der Waals surface area contributed by atoms with E-state index in [0.717, 1.165) is 5.56 Å². The zero-order chi connectivity index (χ0) is 8.27. The van der Waals surface area contributed by atoms with Gasteiger partial charge in [0.15, 0.2) is 0 Å². The lowest BCUT2D eigenvalue weighted by Crippen LogP contribution is -2.06. The van der Waals surface area contributed by atoms with Crippen molar-refractivity contribution < 1.29 is 0 Å². The quantitative estimate of drug-likeness (QED) is 0.653. The Morgan fingerprint density at radius 1 is 1.45 bits per heavy atom. The van der Waals surface area contributed by atoms with Gasteiger partial charge in [-0.15, -0.1) is 0 Å². The molecule has 1 aromatic rings. The summed E-state index contributed by atoms with van der Waals surface area (Å²) < 4.78 is 0. The lowest BCUT2D eigenvalue weighted by molar-refractivity contribution is 0.815. The molecule has 2 heteroatoms. The predicted molar refractivity (Wildman–Crippen MR) is 43.8 cm³/mol. The van der Waals surface area contributed by atoms with Gasteiger partial charge in [0.05, 0.1) is 11.6 Å². The monoisotopic (exact) mass is 146 g/mol. The third kappa shape index (κ3) is 1.57. The Kier molecular flexibility index (Phi) is 2.25. The van der Waals surface area contributed by atoms with Crippen molar-refractivity contribution in [2.45, 2.75) is 13.0 Å². The van der Waals surface area contributed by atoms with Crippen molar-refractivity contribution in [2.24, 2.45) is 5.73 Å². The van der Waals surface area contributed by atoms with Crippen LogP contribution in [0.2, 0.25) is 0 Å². The van der Waals surface area contributed by atoms with Gasteiger partial charge in [-0.1, -0.05) is 18.2 Å². The molecule has 1 aromatic carbocycles. The third-order valence-corrected chi connectivity index (χ3v) is 1.57. The molecule has 1 rings (SSSR count). The molecule has 1 atom stereocenters.